The molecule has 0 aromatic heterocycles. The third-order valence-electron chi connectivity index (χ3n) is 5.25. The molecule has 0 spiro atoms. The van der Waals surface area contributed by atoms with Crippen molar-refractivity contribution in [3.05, 3.63) is 0 Å². The van der Waals surface area contributed by atoms with Crippen LogP contribution in [-0.2, 0) is 4.74 Å². The highest BCUT2D eigenvalue weighted by Crippen LogP contribution is 2.37. The zero-order valence-corrected chi connectivity index (χ0v) is 13.7. The van der Waals surface area contributed by atoms with Crippen molar-refractivity contribution in [2.45, 2.75) is 76.9 Å². The monoisotopic (exact) mass is 282 g/mol. The van der Waals surface area contributed by atoms with Gasteiger partial charge in [-0.2, -0.15) is 0 Å². The Bertz CT molecular complexity index is 268. The number of rotatable bonds is 8. The van der Waals surface area contributed by atoms with Gasteiger partial charge in [0.15, 0.2) is 0 Å². The molecule has 3 heteroatoms. The van der Waals surface area contributed by atoms with Gasteiger partial charge in [0.2, 0.25) is 0 Å². The fourth-order valence-corrected chi connectivity index (χ4v) is 3.90. The molecule has 20 heavy (non-hydrogen) atoms. The maximum absolute atomic E-state index is 5.38. The lowest BCUT2D eigenvalue weighted by molar-refractivity contribution is 0.0608. The fraction of sp³-hybridized carbons (Fsp3) is 1.00. The SMILES string of the molecule is CCNC1CCCCCC1N(CCOC)C(C)C1CC1. The van der Waals surface area contributed by atoms with Crippen LogP contribution in [0.4, 0.5) is 0 Å². The maximum atomic E-state index is 5.38. The molecule has 2 aliphatic carbocycles. The van der Waals surface area contributed by atoms with Gasteiger partial charge in [0.1, 0.15) is 0 Å². The molecule has 0 aromatic rings. The normalized spacial score (nSPS) is 29.4. The van der Waals surface area contributed by atoms with E-state index in [4.69, 9.17) is 4.74 Å². The predicted molar refractivity (Wildman–Crippen MR) is 85.1 cm³/mol. The highest BCUT2D eigenvalue weighted by Gasteiger charge is 2.37. The minimum absolute atomic E-state index is 0.681. The van der Waals surface area contributed by atoms with Crippen molar-refractivity contribution in [3.8, 4) is 0 Å². The number of nitrogens with zero attached hydrogens (tertiary/aromatic N) is 1. The molecule has 0 aromatic carbocycles. The van der Waals surface area contributed by atoms with Gasteiger partial charge < -0.3 is 10.1 Å². The van der Waals surface area contributed by atoms with Crippen molar-refractivity contribution in [1.29, 1.82) is 0 Å². The molecule has 0 amide bonds. The lowest BCUT2D eigenvalue weighted by Crippen LogP contribution is -2.54. The van der Waals surface area contributed by atoms with E-state index >= 15 is 0 Å². The van der Waals surface area contributed by atoms with Crippen LogP contribution < -0.4 is 5.32 Å². The van der Waals surface area contributed by atoms with Crippen molar-refractivity contribution < 1.29 is 4.74 Å². The molecule has 3 atom stereocenters. The third kappa shape index (κ3) is 4.44. The maximum Gasteiger partial charge on any atom is 0.0589 e. The van der Waals surface area contributed by atoms with Crippen LogP contribution in [-0.4, -0.2) is 49.8 Å². The van der Waals surface area contributed by atoms with Gasteiger partial charge in [-0.1, -0.05) is 26.2 Å². The molecule has 3 nitrogen and oxygen atoms in total. The quantitative estimate of drug-likeness (QED) is 0.693. The first kappa shape index (κ1) is 16.3. The summed E-state index contributed by atoms with van der Waals surface area (Å²) < 4.78 is 5.38. The van der Waals surface area contributed by atoms with E-state index in [0.717, 1.165) is 31.7 Å². The Morgan fingerprint density at radius 1 is 1.15 bits per heavy atom. The van der Waals surface area contributed by atoms with E-state index in [0.29, 0.717) is 12.1 Å². The van der Waals surface area contributed by atoms with Gasteiger partial charge in [-0.15, -0.1) is 0 Å². The fourth-order valence-electron chi connectivity index (χ4n) is 3.90. The van der Waals surface area contributed by atoms with E-state index in [1.54, 1.807) is 0 Å². The summed E-state index contributed by atoms with van der Waals surface area (Å²) in [5, 5.41) is 3.76. The van der Waals surface area contributed by atoms with Gasteiger partial charge in [-0.3, -0.25) is 4.90 Å². The average molecular weight is 282 g/mol. The van der Waals surface area contributed by atoms with Crippen LogP contribution in [0.1, 0.15) is 58.8 Å². The smallest absolute Gasteiger partial charge is 0.0589 e. The Kier molecular flexibility index (Phi) is 6.79. The van der Waals surface area contributed by atoms with Crippen LogP contribution in [0.15, 0.2) is 0 Å². The van der Waals surface area contributed by atoms with Crippen LogP contribution >= 0.6 is 0 Å². The summed E-state index contributed by atoms with van der Waals surface area (Å²) >= 11 is 0. The second kappa shape index (κ2) is 8.35. The number of methoxy groups -OCH3 is 1. The highest BCUT2D eigenvalue weighted by atomic mass is 16.5. The Morgan fingerprint density at radius 2 is 1.90 bits per heavy atom. The Balaban J connectivity index is 2.04. The van der Waals surface area contributed by atoms with E-state index in [1.165, 1.54) is 44.9 Å². The number of nitrogens with one attached hydrogen (secondary N) is 1. The first-order chi connectivity index (χ1) is 9.77. The van der Waals surface area contributed by atoms with E-state index in [2.05, 4.69) is 24.1 Å². The molecule has 0 bridgehead atoms. The van der Waals surface area contributed by atoms with E-state index in [1.807, 2.05) is 7.11 Å². The molecule has 2 fully saturated rings. The van der Waals surface area contributed by atoms with Gasteiger partial charge in [0.25, 0.3) is 0 Å². The van der Waals surface area contributed by atoms with Crippen LogP contribution in [0.3, 0.4) is 0 Å². The highest BCUT2D eigenvalue weighted by molar-refractivity contribution is 4.93. The molecular weight excluding hydrogens is 248 g/mol. The molecule has 1 N–H and O–H groups in total. The van der Waals surface area contributed by atoms with Crippen molar-refractivity contribution in [1.82, 2.24) is 10.2 Å². The van der Waals surface area contributed by atoms with Gasteiger partial charge in [-0.25, -0.2) is 0 Å². The van der Waals surface area contributed by atoms with Crippen LogP contribution in [0, 0.1) is 5.92 Å². The molecule has 0 radical (unpaired) electrons. The summed E-state index contributed by atoms with van der Waals surface area (Å²) in [5.41, 5.74) is 0. The number of ether oxygens (including phenoxy) is 1. The van der Waals surface area contributed by atoms with Gasteiger partial charge in [0.05, 0.1) is 6.61 Å². The predicted octanol–water partition coefficient (Wildman–Crippen LogP) is 3.04. The zero-order chi connectivity index (χ0) is 14.4. The molecule has 3 unspecified atom stereocenters. The average Bonchev–Trinajstić information content (AvgIpc) is 3.27. The van der Waals surface area contributed by atoms with Gasteiger partial charge >= 0.3 is 0 Å². The minimum atomic E-state index is 0.681. The van der Waals surface area contributed by atoms with Gasteiger partial charge in [0, 0.05) is 31.8 Å². The molecular formula is C17H34N2O. The standard InChI is InChI=1S/C17H34N2O/c1-4-18-16-8-6-5-7-9-17(16)19(12-13-20-3)14(2)15-10-11-15/h14-18H,4-13H2,1-3H3. The van der Waals surface area contributed by atoms with Crippen molar-refractivity contribution in [2.75, 3.05) is 26.8 Å². The first-order valence-electron chi connectivity index (χ1n) is 8.76. The van der Waals surface area contributed by atoms with Crippen LogP contribution in [0.2, 0.25) is 0 Å². The summed E-state index contributed by atoms with van der Waals surface area (Å²) in [6.45, 7) is 7.75. The minimum Gasteiger partial charge on any atom is -0.383 e. The first-order valence-corrected chi connectivity index (χ1v) is 8.76. The van der Waals surface area contributed by atoms with Gasteiger partial charge in [-0.05, 0) is 45.1 Å². The summed E-state index contributed by atoms with van der Waals surface area (Å²) in [6.07, 6.45) is 9.77. The lowest BCUT2D eigenvalue weighted by atomic mass is 9.98. The Hall–Kier alpha value is -0.120. The molecule has 0 heterocycles. The molecule has 0 saturated heterocycles. The molecule has 118 valence electrons. The van der Waals surface area contributed by atoms with Crippen molar-refractivity contribution in [2.24, 2.45) is 5.92 Å². The summed E-state index contributed by atoms with van der Waals surface area (Å²) in [4.78, 5) is 2.78. The van der Waals surface area contributed by atoms with E-state index in [9.17, 15) is 0 Å². The number of likely N-dealkylation sites (N-methyl/N-ethyl adjacent to an activating group) is 1. The summed E-state index contributed by atoms with van der Waals surface area (Å²) in [5.74, 6) is 0.942. The van der Waals surface area contributed by atoms with Crippen molar-refractivity contribution >= 4 is 0 Å². The molecule has 2 saturated carbocycles. The van der Waals surface area contributed by atoms with E-state index in [-0.39, 0.29) is 0 Å². The van der Waals surface area contributed by atoms with Crippen LogP contribution in [0.25, 0.3) is 0 Å². The molecule has 2 rings (SSSR count). The third-order valence-corrected chi connectivity index (χ3v) is 5.25. The Labute approximate surface area is 125 Å². The summed E-state index contributed by atoms with van der Waals surface area (Å²) in [6, 6.07) is 2.12. The second-order valence-corrected chi connectivity index (χ2v) is 6.68. The molecule has 0 aliphatic heterocycles. The largest absolute Gasteiger partial charge is 0.383 e. The topological polar surface area (TPSA) is 24.5 Å². The lowest BCUT2D eigenvalue weighted by Gasteiger charge is -2.40. The zero-order valence-electron chi connectivity index (χ0n) is 13.7. The van der Waals surface area contributed by atoms with Crippen molar-refractivity contribution in [3.63, 3.8) is 0 Å². The second-order valence-electron chi connectivity index (χ2n) is 6.68. The molecule has 2 aliphatic rings. The van der Waals surface area contributed by atoms with E-state index < -0.39 is 0 Å². The Morgan fingerprint density at radius 3 is 2.55 bits per heavy atom. The number of hydrogen-bond acceptors (Lipinski definition) is 3. The number of hydrogen-bond donors (Lipinski definition) is 1. The summed E-state index contributed by atoms with van der Waals surface area (Å²) in [7, 11) is 1.83. The van der Waals surface area contributed by atoms with Crippen LogP contribution in [0.5, 0.6) is 0 Å².